The molecular weight excluding hydrogens is 288 g/mol. The summed E-state index contributed by atoms with van der Waals surface area (Å²) < 4.78 is 5.71. The second-order valence-electron chi connectivity index (χ2n) is 5.45. The van der Waals surface area contributed by atoms with Crippen molar-refractivity contribution in [3.8, 4) is 5.75 Å². The number of carbonyl (C=O) groups excluding carboxylic acids is 1. The van der Waals surface area contributed by atoms with Crippen molar-refractivity contribution in [2.45, 2.75) is 33.6 Å². The van der Waals surface area contributed by atoms with Gasteiger partial charge in [-0.2, -0.15) is 0 Å². The number of hydrogen-bond donors (Lipinski definition) is 2. The average Bonchev–Trinajstić information content (AvgIpc) is 2.57. The number of benzene rings is 2. The number of rotatable bonds is 6. The molecule has 4 heteroatoms. The fraction of sp³-hybridized carbons (Fsp3) is 0.316. The molecule has 0 aliphatic carbocycles. The zero-order chi connectivity index (χ0) is 16.8. The van der Waals surface area contributed by atoms with Crippen molar-refractivity contribution in [3.63, 3.8) is 0 Å². The first-order valence-electron chi connectivity index (χ1n) is 7.99. The summed E-state index contributed by atoms with van der Waals surface area (Å²) in [7, 11) is 0. The van der Waals surface area contributed by atoms with E-state index in [2.05, 4.69) is 12.2 Å². The minimum Gasteiger partial charge on any atom is -0.491 e. The van der Waals surface area contributed by atoms with Crippen LogP contribution in [0, 0.1) is 6.92 Å². The second kappa shape index (κ2) is 7.68. The van der Waals surface area contributed by atoms with Gasteiger partial charge in [0.25, 0.3) is 5.91 Å². The SMILES string of the molecule is CCCc1cc(NC(=O)c2ccccc2)c(C)c(N)c1OCC. The lowest BCUT2D eigenvalue weighted by Crippen LogP contribution is -2.14. The summed E-state index contributed by atoms with van der Waals surface area (Å²) in [6.07, 6.45) is 1.84. The normalized spacial score (nSPS) is 10.4. The molecule has 0 heterocycles. The van der Waals surface area contributed by atoms with Crippen molar-refractivity contribution >= 4 is 17.3 Å². The molecule has 3 N–H and O–H groups in total. The Morgan fingerprint density at radius 2 is 1.91 bits per heavy atom. The Morgan fingerprint density at radius 1 is 1.22 bits per heavy atom. The van der Waals surface area contributed by atoms with Crippen LogP contribution in [-0.4, -0.2) is 12.5 Å². The van der Waals surface area contributed by atoms with E-state index < -0.39 is 0 Å². The standard InChI is InChI=1S/C19H24N2O2/c1-4-9-15-12-16(13(3)17(20)18(15)23-5-2)21-19(22)14-10-7-6-8-11-14/h6-8,10-12H,4-5,9,20H2,1-3H3,(H,21,22). The van der Waals surface area contributed by atoms with Crippen molar-refractivity contribution in [1.29, 1.82) is 0 Å². The molecule has 0 aliphatic heterocycles. The summed E-state index contributed by atoms with van der Waals surface area (Å²) in [5.41, 5.74) is 10.1. The van der Waals surface area contributed by atoms with Crippen molar-refractivity contribution in [3.05, 3.63) is 53.1 Å². The molecule has 122 valence electrons. The highest BCUT2D eigenvalue weighted by Gasteiger charge is 2.16. The number of nitrogens with two attached hydrogens (primary N) is 1. The fourth-order valence-electron chi connectivity index (χ4n) is 2.52. The van der Waals surface area contributed by atoms with Crippen LogP contribution in [0.1, 0.15) is 41.8 Å². The molecular formula is C19H24N2O2. The Hall–Kier alpha value is -2.49. The summed E-state index contributed by atoms with van der Waals surface area (Å²) in [4.78, 5) is 12.4. The molecule has 2 rings (SSSR count). The molecule has 0 fully saturated rings. The molecule has 0 spiro atoms. The quantitative estimate of drug-likeness (QED) is 0.786. The predicted octanol–water partition coefficient (Wildman–Crippen LogP) is 4.18. The third-order valence-electron chi connectivity index (χ3n) is 3.76. The number of nitrogen functional groups attached to an aromatic ring is 1. The average molecular weight is 312 g/mol. The first-order valence-corrected chi connectivity index (χ1v) is 7.99. The van der Waals surface area contributed by atoms with Crippen LogP contribution in [0.25, 0.3) is 0 Å². The Balaban J connectivity index is 2.37. The lowest BCUT2D eigenvalue weighted by atomic mass is 10.0. The molecule has 2 aromatic carbocycles. The Kier molecular flexibility index (Phi) is 5.63. The third-order valence-corrected chi connectivity index (χ3v) is 3.76. The van der Waals surface area contributed by atoms with Gasteiger partial charge in [0.2, 0.25) is 0 Å². The molecule has 0 unspecified atom stereocenters. The fourth-order valence-corrected chi connectivity index (χ4v) is 2.52. The van der Waals surface area contributed by atoms with Crippen LogP contribution in [0.5, 0.6) is 5.75 Å². The molecule has 0 saturated heterocycles. The lowest BCUT2D eigenvalue weighted by molar-refractivity contribution is 0.102. The van der Waals surface area contributed by atoms with Crippen molar-refractivity contribution in [1.82, 2.24) is 0 Å². The van der Waals surface area contributed by atoms with Crippen LogP contribution >= 0.6 is 0 Å². The van der Waals surface area contributed by atoms with Gasteiger partial charge in [-0.05, 0) is 49.6 Å². The first kappa shape index (κ1) is 16.9. The summed E-state index contributed by atoms with van der Waals surface area (Å²) >= 11 is 0. The van der Waals surface area contributed by atoms with Gasteiger partial charge in [-0.1, -0.05) is 31.5 Å². The third kappa shape index (κ3) is 3.83. The molecule has 4 nitrogen and oxygen atoms in total. The van der Waals surface area contributed by atoms with Gasteiger partial charge in [0.15, 0.2) is 0 Å². The van der Waals surface area contributed by atoms with E-state index in [9.17, 15) is 4.79 Å². The Bertz CT molecular complexity index is 682. The molecule has 0 atom stereocenters. The van der Waals surface area contributed by atoms with E-state index in [1.807, 2.05) is 38.1 Å². The van der Waals surface area contributed by atoms with E-state index in [0.29, 0.717) is 17.9 Å². The van der Waals surface area contributed by atoms with Crippen LogP contribution in [0.3, 0.4) is 0 Å². The van der Waals surface area contributed by atoms with Gasteiger partial charge in [-0.25, -0.2) is 0 Å². The van der Waals surface area contributed by atoms with Gasteiger partial charge in [0.1, 0.15) is 5.75 Å². The Morgan fingerprint density at radius 3 is 2.52 bits per heavy atom. The summed E-state index contributed by atoms with van der Waals surface area (Å²) in [6.45, 7) is 6.51. The van der Waals surface area contributed by atoms with Crippen LogP contribution in [-0.2, 0) is 6.42 Å². The van der Waals surface area contributed by atoms with E-state index in [4.69, 9.17) is 10.5 Å². The molecule has 1 amide bonds. The Labute approximate surface area is 137 Å². The van der Waals surface area contributed by atoms with Gasteiger partial charge >= 0.3 is 0 Å². The van der Waals surface area contributed by atoms with Crippen molar-refractivity contribution in [2.75, 3.05) is 17.7 Å². The monoisotopic (exact) mass is 312 g/mol. The summed E-state index contributed by atoms with van der Waals surface area (Å²) in [5.74, 6) is 0.601. The largest absolute Gasteiger partial charge is 0.491 e. The zero-order valence-corrected chi connectivity index (χ0v) is 14.0. The second-order valence-corrected chi connectivity index (χ2v) is 5.45. The van der Waals surface area contributed by atoms with E-state index in [0.717, 1.165) is 35.4 Å². The van der Waals surface area contributed by atoms with Gasteiger partial charge in [-0.15, -0.1) is 0 Å². The number of aryl methyl sites for hydroxylation is 1. The molecule has 0 bridgehead atoms. The minimum atomic E-state index is -0.139. The van der Waals surface area contributed by atoms with Crippen molar-refractivity contribution in [2.24, 2.45) is 0 Å². The summed E-state index contributed by atoms with van der Waals surface area (Å²) in [6, 6.07) is 11.1. The summed E-state index contributed by atoms with van der Waals surface area (Å²) in [5, 5.41) is 2.96. The minimum absolute atomic E-state index is 0.139. The van der Waals surface area contributed by atoms with E-state index in [-0.39, 0.29) is 5.91 Å². The van der Waals surface area contributed by atoms with Crippen LogP contribution in [0.2, 0.25) is 0 Å². The molecule has 0 radical (unpaired) electrons. The van der Waals surface area contributed by atoms with E-state index in [1.54, 1.807) is 12.1 Å². The topological polar surface area (TPSA) is 64.4 Å². The lowest BCUT2D eigenvalue weighted by Gasteiger charge is -2.18. The number of hydrogen-bond acceptors (Lipinski definition) is 3. The van der Waals surface area contributed by atoms with Crippen molar-refractivity contribution < 1.29 is 9.53 Å². The predicted molar refractivity (Wildman–Crippen MR) is 95.2 cm³/mol. The maximum atomic E-state index is 12.4. The molecule has 0 aliphatic rings. The van der Waals surface area contributed by atoms with Gasteiger partial charge in [0.05, 0.1) is 12.3 Å². The number of amides is 1. The van der Waals surface area contributed by atoms with Gasteiger partial charge in [0, 0.05) is 11.3 Å². The smallest absolute Gasteiger partial charge is 0.255 e. The number of nitrogens with one attached hydrogen (secondary N) is 1. The van der Waals surface area contributed by atoms with E-state index >= 15 is 0 Å². The number of anilines is 2. The number of ether oxygens (including phenoxy) is 1. The molecule has 2 aromatic rings. The van der Waals surface area contributed by atoms with Gasteiger partial charge in [-0.3, -0.25) is 4.79 Å². The maximum Gasteiger partial charge on any atom is 0.255 e. The first-order chi connectivity index (χ1) is 11.1. The van der Waals surface area contributed by atoms with E-state index in [1.165, 1.54) is 0 Å². The highest BCUT2D eigenvalue weighted by atomic mass is 16.5. The molecule has 23 heavy (non-hydrogen) atoms. The van der Waals surface area contributed by atoms with Crippen LogP contribution in [0.4, 0.5) is 11.4 Å². The maximum absolute atomic E-state index is 12.4. The highest BCUT2D eigenvalue weighted by Crippen LogP contribution is 2.36. The van der Waals surface area contributed by atoms with Gasteiger partial charge < -0.3 is 15.8 Å². The van der Waals surface area contributed by atoms with Crippen LogP contribution < -0.4 is 15.8 Å². The van der Waals surface area contributed by atoms with Crippen LogP contribution in [0.15, 0.2) is 36.4 Å². The number of carbonyl (C=O) groups is 1. The molecule has 0 saturated carbocycles. The highest BCUT2D eigenvalue weighted by molar-refractivity contribution is 6.05. The zero-order valence-electron chi connectivity index (χ0n) is 14.0. The molecule has 0 aromatic heterocycles.